The van der Waals surface area contributed by atoms with E-state index in [1.165, 1.54) is 12.1 Å². The number of hydrogen-bond acceptors (Lipinski definition) is 2. The van der Waals surface area contributed by atoms with Gasteiger partial charge in [0.05, 0.1) is 6.04 Å². The molecule has 1 unspecified atom stereocenters. The van der Waals surface area contributed by atoms with Gasteiger partial charge < -0.3 is 9.73 Å². The quantitative estimate of drug-likeness (QED) is 0.907. The average molecular weight is 282 g/mol. The summed E-state index contributed by atoms with van der Waals surface area (Å²) >= 11 is 6.19. The molecular weight excluding hydrogens is 265 g/mol. The third-order valence-corrected chi connectivity index (χ3v) is 3.81. The first-order valence-electron chi connectivity index (χ1n) is 6.14. The van der Waals surface area contributed by atoms with Crippen molar-refractivity contribution < 1.29 is 8.81 Å². The first kappa shape index (κ1) is 14.1. The highest BCUT2D eigenvalue weighted by atomic mass is 35.5. The second-order valence-corrected chi connectivity index (χ2v) is 5.05. The van der Waals surface area contributed by atoms with Crippen LogP contribution in [0, 0.1) is 26.6 Å². The van der Waals surface area contributed by atoms with Crippen molar-refractivity contribution in [2.45, 2.75) is 26.8 Å². The van der Waals surface area contributed by atoms with E-state index in [-0.39, 0.29) is 11.9 Å². The van der Waals surface area contributed by atoms with Gasteiger partial charge in [0, 0.05) is 10.6 Å². The molecule has 0 aliphatic rings. The molecule has 1 aromatic carbocycles. The van der Waals surface area contributed by atoms with Crippen molar-refractivity contribution in [1.82, 2.24) is 5.32 Å². The molecule has 19 heavy (non-hydrogen) atoms. The molecule has 0 fully saturated rings. The molecule has 0 bridgehead atoms. The monoisotopic (exact) mass is 281 g/mol. The van der Waals surface area contributed by atoms with Crippen LogP contribution in [-0.2, 0) is 0 Å². The molecule has 0 amide bonds. The highest BCUT2D eigenvalue weighted by molar-refractivity contribution is 6.31. The minimum Gasteiger partial charge on any atom is -0.466 e. The van der Waals surface area contributed by atoms with Crippen molar-refractivity contribution in [3.8, 4) is 0 Å². The van der Waals surface area contributed by atoms with E-state index in [1.54, 1.807) is 6.07 Å². The van der Waals surface area contributed by atoms with Gasteiger partial charge in [0.1, 0.15) is 17.3 Å². The summed E-state index contributed by atoms with van der Waals surface area (Å²) in [5.41, 5.74) is 2.81. The van der Waals surface area contributed by atoms with E-state index in [0.717, 1.165) is 28.2 Å². The molecule has 0 radical (unpaired) electrons. The third-order valence-electron chi connectivity index (χ3n) is 3.46. The van der Waals surface area contributed by atoms with E-state index in [1.807, 2.05) is 27.8 Å². The number of halogens is 2. The maximum atomic E-state index is 13.5. The standard InChI is InChI=1S/C15H17ClFNO/c1-8-9(2)19-10(3)14(8)15(18-4)12-7-11(17)5-6-13(12)16/h5-7,15,18H,1-4H3. The van der Waals surface area contributed by atoms with E-state index in [4.69, 9.17) is 16.0 Å². The summed E-state index contributed by atoms with van der Waals surface area (Å²) in [6.45, 7) is 5.83. The van der Waals surface area contributed by atoms with Gasteiger partial charge in [-0.15, -0.1) is 0 Å². The van der Waals surface area contributed by atoms with Gasteiger partial charge in [0.15, 0.2) is 0 Å². The van der Waals surface area contributed by atoms with E-state index in [2.05, 4.69) is 5.32 Å². The lowest BCUT2D eigenvalue weighted by Gasteiger charge is -2.19. The van der Waals surface area contributed by atoms with Crippen LogP contribution >= 0.6 is 11.6 Å². The highest BCUT2D eigenvalue weighted by Gasteiger charge is 2.23. The molecule has 1 N–H and O–H groups in total. The Morgan fingerprint density at radius 1 is 1.21 bits per heavy atom. The Morgan fingerprint density at radius 3 is 2.42 bits per heavy atom. The van der Waals surface area contributed by atoms with Crippen LogP contribution in [0.2, 0.25) is 5.02 Å². The van der Waals surface area contributed by atoms with Crippen LogP contribution in [0.1, 0.15) is 34.3 Å². The third kappa shape index (κ3) is 2.53. The van der Waals surface area contributed by atoms with Gasteiger partial charge in [-0.3, -0.25) is 0 Å². The molecule has 2 nitrogen and oxygen atoms in total. The first-order chi connectivity index (χ1) is 8.95. The summed E-state index contributed by atoms with van der Waals surface area (Å²) in [5, 5.41) is 3.73. The van der Waals surface area contributed by atoms with E-state index in [9.17, 15) is 4.39 Å². The summed E-state index contributed by atoms with van der Waals surface area (Å²) in [6.07, 6.45) is 0. The Balaban J connectivity index is 2.59. The Bertz CT molecular complexity index is 606. The van der Waals surface area contributed by atoms with Crippen LogP contribution in [-0.4, -0.2) is 7.05 Å². The van der Waals surface area contributed by atoms with E-state index < -0.39 is 0 Å². The van der Waals surface area contributed by atoms with Crippen molar-refractivity contribution in [2.75, 3.05) is 7.05 Å². The zero-order chi connectivity index (χ0) is 14.2. The van der Waals surface area contributed by atoms with Gasteiger partial charge in [-0.05, 0) is 57.1 Å². The number of hydrogen-bond donors (Lipinski definition) is 1. The molecule has 0 saturated heterocycles. The van der Waals surface area contributed by atoms with Crippen LogP contribution < -0.4 is 5.32 Å². The second kappa shape index (κ2) is 5.35. The fourth-order valence-electron chi connectivity index (χ4n) is 2.43. The minimum atomic E-state index is -0.296. The highest BCUT2D eigenvalue weighted by Crippen LogP contribution is 2.34. The number of aryl methyl sites for hydroxylation is 2. The number of furan rings is 1. The van der Waals surface area contributed by atoms with Crippen molar-refractivity contribution in [1.29, 1.82) is 0 Å². The van der Waals surface area contributed by atoms with Crippen LogP contribution in [0.5, 0.6) is 0 Å². The van der Waals surface area contributed by atoms with Crippen LogP contribution in [0.3, 0.4) is 0 Å². The van der Waals surface area contributed by atoms with Crippen molar-refractivity contribution in [2.24, 2.45) is 0 Å². The summed E-state index contributed by atoms with van der Waals surface area (Å²) in [7, 11) is 1.83. The van der Waals surface area contributed by atoms with Crippen molar-refractivity contribution in [3.05, 3.63) is 57.2 Å². The maximum Gasteiger partial charge on any atom is 0.123 e. The molecule has 0 aliphatic heterocycles. The van der Waals surface area contributed by atoms with Gasteiger partial charge in [0.2, 0.25) is 0 Å². The van der Waals surface area contributed by atoms with Gasteiger partial charge in [-0.25, -0.2) is 4.39 Å². The molecule has 0 spiro atoms. The van der Waals surface area contributed by atoms with E-state index >= 15 is 0 Å². The molecule has 102 valence electrons. The van der Waals surface area contributed by atoms with Crippen LogP contribution in [0.25, 0.3) is 0 Å². The molecule has 0 aliphatic carbocycles. The fourth-order valence-corrected chi connectivity index (χ4v) is 2.65. The van der Waals surface area contributed by atoms with Crippen LogP contribution in [0.4, 0.5) is 4.39 Å². The summed E-state index contributed by atoms with van der Waals surface area (Å²) in [4.78, 5) is 0. The lowest BCUT2D eigenvalue weighted by atomic mass is 9.95. The van der Waals surface area contributed by atoms with Gasteiger partial charge >= 0.3 is 0 Å². The fraction of sp³-hybridized carbons (Fsp3) is 0.333. The summed E-state index contributed by atoms with van der Waals surface area (Å²) in [6, 6.07) is 4.22. The SMILES string of the molecule is CNC(c1cc(F)ccc1Cl)c1c(C)oc(C)c1C. The second-order valence-electron chi connectivity index (χ2n) is 4.64. The average Bonchev–Trinajstić information content (AvgIpc) is 2.61. The Labute approximate surface area is 117 Å². The summed E-state index contributed by atoms with van der Waals surface area (Å²) < 4.78 is 19.1. The lowest BCUT2D eigenvalue weighted by molar-refractivity contribution is 0.495. The van der Waals surface area contributed by atoms with Gasteiger partial charge in [-0.1, -0.05) is 11.6 Å². The minimum absolute atomic E-state index is 0.180. The predicted octanol–water partition coefficient (Wildman–Crippen LogP) is 4.31. The predicted molar refractivity (Wildman–Crippen MR) is 75.2 cm³/mol. The van der Waals surface area contributed by atoms with E-state index in [0.29, 0.717) is 5.02 Å². The normalized spacial score (nSPS) is 12.7. The Kier molecular flexibility index (Phi) is 3.97. The number of rotatable bonds is 3. The molecule has 0 saturated carbocycles. The van der Waals surface area contributed by atoms with Gasteiger partial charge in [-0.2, -0.15) is 0 Å². The Morgan fingerprint density at radius 2 is 1.89 bits per heavy atom. The van der Waals surface area contributed by atoms with Gasteiger partial charge in [0.25, 0.3) is 0 Å². The summed E-state index contributed by atoms with van der Waals surface area (Å²) in [5.74, 6) is 1.41. The maximum absolute atomic E-state index is 13.5. The topological polar surface area (TPSA) is 25.2 Å². The molecule has 1 aromatic heterocycles. The van der Waals surface area contributed by atoms with Crippen molar-refractivity contribution in [3.63, 3.8) is 0 Å². The molecule has 2 aromatic rings. The number of nitrogens with one attached hydrogen (secondary N) is 1. The van der Waals surface area contributed by atoms with Crippen LogP contribution in [0.15, 0.2) is 22.6 Å². The zero-order valence-electron chi connectivity index (χ0n) is 11.5. The molecule has 2 rings (SSSR count). The lowest BCUT2D eigenvalue weighted by Crippen LogP contribution is -2.19. The molecule has 1 atom stereocenters. The smallest absolute Gasteiger partial charge is 0.123 e. The number of benzene rings is 1. The zero-order valence-corrected chi connectivity index (χ0v) is 12.2. The largest absolute Gasteiger partial charge is 0.466 e. The molecular formula is C15H17ClFNO. The Hall–Kier alpha value is -1.32. The first-order valence-corrected chi connectivity index (χ1v) is 6.52. The molecule has 4 heteroatoms. The molecule has 1 heterocycles. The van der Waals surface area contributed by atoms with Crippen molar-refractivity contribution >= 4 is 11.6 Å².